The Morgan fingerprint density at radius 3 is 2.17 bits per heavy atom. The van der Waals surface area contributed by atoms with E-state index in [1.807, 2.05) is 30.5 Å². The van der Waals surface area contributed by atoms with Gasteiger partial charge in [-0.05, 0) is 35.7 Å². The lowest BCUT2D eigenvalue weighted by Gasteiger charge is -2.25. The van der Waals surface area contributed by atoms with Crippen LogP contribution in [-0.2, 0) is 0 Å². The molecule has 0 radical (unpaired) electrons. The minimum Gasteiger partial charge on any atom is -0.294 e. The SMILES string of the molecule is c1ccc(N(c2ccccn2)c2cccc3ccccc23)cc1. The highest BCUT2D eigenvalue weighted by Crippen LogP contribution is 2.37. The van der Waals surface area contributed by atoms with Crippen molar-refractivity contribution < 1.29 is 0 Å². The summed E-state index contributed by atoms with van der Waals surface area (Å²) in [6.45, 7) is 0. The second-order valence-electron chi connectivity index (χ2n) is 5.36. The number of nitrogens with zero attached hydrogens (tertiary/aromatic N) is 2. The van der Waals surface area contributed by atoms with E-state index in [1.54, 1.807) is 0 Å². The molecule has 0 amide bonds. The molecule has 0 saturated carbocycles. The van der Waals surface area contributed by atoms with E-state index in [2.05, 4.69) is 76.6 Å². The third-order valence-corrected chi connectivity index (χ3v) is 3.90. The number of anilines is 3. The molecule has 110 valence electrons. The first-order valence-corrected chi connectivity index (χ1v) is 7.67. The number of para-hydroxylation sites is 1. The molecule has 0 aliphatic rings. The molecule has 0 N–H and O–H groups in total. The van der Waals surface area contributed by atoms with Gasteiger partial charge in [0, 0.05) is 17.3 Å². The summed E-state index contributed by atoms with van der Waals surface area (Å²) in [5.41, 5.74) is 2.23. The van der Waals surface area contributed by atoms with Crippen molar-refractivity contribution in [3.05, 3.63) is 97.2 Å². The number of fused-ring (bicyclic) bond motifs is 1. The fourth-order valence-corrected chi connectivity index (χ4v) is 2.86. The number of hydrogen-bond acceptors (Lipinski definition) is 2. The molecule has 0 aliphatic heterocycles. The molecule has 2 heteroatoms. The molecule has 0 unspecified atom stereocenters. The summed E-state index contributed by atoms with van der Waals surface area (Å²) in [6.07, 6.45) is 1.83. The van der Waals surface area contributed by atoms with E-state index >= 15 is 0 Å². The Kier molecular flexibility index (Phi) is 3.49. The van der Waals surface area contributed by atoms with Gasteiger partial charge in [-0.3, -0.25) is 4.90 Å². The van der Waals surface area contributed by atoms with Gasteiger partial charge in [-0.1, -0.05) is 60.7 Å². The maximum Gasteiger partial charge on any atom is 0.137 e. The highest BCUT2D eigenvalue weighted by molar-refractivity contribution is 5.98. The average Bonchev–Trinajstić information content (AvgIpc) is 2.64. The van der Waals surface area contributed by atoms with E-state index in [9.17, 15) is 0 Å². The van der Waals surface area contributed by atoms with E-state index < -0.39 is 0 Å². The van der Waals surface area contributed by atoms with Gasteiger partial charge in [0.05, 0.1) is 5.69 Å². The first kappa shape index (κ1) is 13.5. The highest BCUT2D eigenvalue weighted by atomic mass is 15.2. The van der Waals surface area contributed by atoms with Crippen LogP contribution in [0.1, 0.15) is 0 Å². The van der Waals surface area contributed by atoms with E-state index in [0.29, 0.717) is 0 Å². The van der Waals surface area contributed by atoms with Crippen LogP contribution in [0.4, 0.5) is 17.2 Å². The standard InChI is InChI=1S/C21H16N2/c1-2-11-18(12-3-1)23(21-15-6-7-16-22-21)20-14-8-10-17-9-4-5-13-19(17)20/h1-16H. The molecule has 0 atom stereocenters. The average molecular weight is 296 g/mol. The molecule has 1 heterocycles. The van der Waals surface area contributed by atoms with Gasteiger partial charge in [-0.25, -0.2) is 4.98 Å². The molecule has 2 nitrogen and oxygen atoms in total. The Balaban J connectivity index is 1.98. The van der Waals surface area contributed by atoms with Crippen molar-refractivity contribution in [1.29, 1.82) is 0 Å². The van der Waals surface area contributed by atoms with Gasteiger partial charge in [0.15, 0.2) is 0 Å². The first-order chi connectivity index (χ1) is 11.4. The lowest BCUT2D eigenvalue weighted by Crippen LogP contribution is -2.11. The Labute approximate surface area is 135 Å². The number of benzene rings is 3. The quantitative estimate of drug-likeness (QED) is 0.482. The van der Waals surface area contributed by atoms with Crippen LogP contribution in [0.2, 0.25) is 0 Å². The summed E-state index contributed by atoms with van der Waals surface area (Å²) in [6, 6.07) is 31.2. The van der Waals surface area contributed by atoms with Crippen LogP contribution in [-0.4, -0.2) is 4.98 Å². The topological polar surface area (TPSA) is 16.1 Å². The van der Waals surface area contributed by atoms with Crippen LogP contribution in [0.5, 0.6) is 0 Å². The Morgan fingerprint density at radius 2 is 1.35 bits per heavy atom. The van der Waals surface area contributed by atoms with Crippen molar-refractivity contribution in [1.82, 2.24) is 4.98 Å². The van der Waals surface area contributed by atoms with Crippen molar-refractivity contribution >= 4 is 28.0 Å². The zero-order valence-corrected chi connectivity index (χ0v) is 12.6. The molecular weight excluding hydrogens is 280 g/mol. The molecule has 1 aromatic heterocycles. The van der Waals surface area contributed by atoms with Gasteiger partial charge in [-0.15, -0.1) is 0 Å². The monoisotopic (exact) mass is 296 g/mol. The number of rotatable bonds is 3. The molecule has 0 fully saturated rings. The molecule has 0 saturated heterocycles. The minimum absolute atomic E-state index is 0.912. The third-order valence-electron chi connectivity index (χ3n) is 3.90. The molecular formula is C21H16N2. The minimum atomic E-state index is 0.912. The van der Waals surface area contributed by atoms with Crippen LogP contribution in [0.3, 0.4) is 0 Å². The molecule has 3 aromatic carbocycles. The summed E-state index contributed by atoms with van der Waals surface area (Å²) in [7, 11) is 0. The third kappa shape index (κ3) is 2.55. The fourth-order valence-electron chi connectivity index (χ4n) is 2.86. The van der Waals surface area contributed by atoms with Gasteiger partial charge < -0.3 is 0 Å². The molecule has 0 aliphatic carbocycles. The summed E-state index contributed by atoms with van der Waals surface area (Å²) >= 11 is 0. The second-order valence-corrected chi connectivity index (χ2v) is 5.36. The molecule has 4 aromatic rings. The molecule has 4 rings (SSSR count). The zero-order chi connectivity index (χ0) is 15.5. The van der Waals surface area contributed by atoms with Crippen LogP contribution in [0.15, 0.2) is 97.2 Å². The predicted octanol–water partition coefficient (Wildman–Crippen LogP) is 5.70. The van der Waals surface area contributed by atoms with Crippen LogP contribution in [0, 0.1) is 0 Å². The van der Waals surface area contributed by atoms with Crippen molar-refractivity contribution in [2.24, 2.45) is 0 Å². The number of hydrogen-bond donors (Lipinski definition) is 0. The van der Waals surface area contributed by atoms with Crippen molar-refractivity contribution in [3.8, 4) is 0 Å². The lowest BCUT2D eigenvalue weighted by atomic mass is 10.1. The van der Waals surface area contributed by atoms with Gasteiger partial charge in [-0.2, -0.15) is 0 Å². The smallest absolute Gasteiger partial charge is 0.137 e. The largest absolute Gasteiger partial charge is 0.294 e. The number of aromatic nitrogens is 1. The summed E-state index contributed by atoms with van der Waals surface area (Å²) in [5, 5.41) is 2.44. The Hall–Kier alpha value is -3.13. The Morgan fingerprint density at radius 1 is 0.609 bits per heavy atom. The zero-order valence-electron chi connectivity index (χ0n) is 12.6. The van der Waals surface area contributed by atoms with Gasteiger partial charge in [0.2, 0.25) is 0 Å². The Bertz CT molecular complexity index is 873. The summed E-state index contributed by atoms with van der Waals surface area (Å²) in [5.74, 6) is 0.912. The van der Waals surface area contributed by atoms with E-state index in [1.165, 1.54) is 10.8 Å². The van der Waals surface area contributed by atoms with Crippen LogP contribution >= 0.6 is 0 Å². The van der Waals surface area contributed by atoms with Gasteiger partial charge in [0.25, 0.3) is 0 Å². The maximum atomic E-state index is 4.56. The fraction of sp³-hybridized carbons (Fsp3) is 0. The van der Waals surface area contributed by atoms with Crippen LogP contribution in [0.25, 0.3) is 10.8 Å². The number of pyridine rings is 1. The van der Waals surface area contributed by atoms with E-state index in [-0.39, 0.29) is 0 Å². The molecule has 0 spiro atoms. The second kappa shape index (κ2) is 5.93. The first-order valence-electron chi connectivity index (χ1n) is 7.67. The normalized spacial score (nSPS) is 10.6. The van der Waals surface area contributed by atoms with E-state index in [0.717, 1.165) is 17.2 Å². The van der Waals surface area contributed by atoms with Gasteiger partial charge in [0.1, 0.15) is 5.82 Å². The van der Waals surface area contributed by atoms with Crippen molar-refractivity contribution in [3.63, 3.8) is 0 Å². The van der Waals surface area contributed by atoms with Crippen molar-refractivity contribution in [2.45, 2.75) is 0 Å². The van der Waals surface area contributed by atoms with Crippen molar-refractivity contribution in [2.75, 3.05) is 4.90 Å². The molecule has 23 heavy (non-hydrogen) atoms. The van der Waals surface area contributed by atoms with E-state index in [4.69, 9.17) is 0 Å². The van der Waals surface area contributed by atoms with Gasteiger partial charge >= 0.3 is 0 Å². The summed E-state index contributed by atoms with van der Waals surface area (Å²) in [4.78, 5) is 6.76. The molecule has 0 bridgehead atoms. The summed E-state index contributed by atoms with van der Waals surface area (Å²) < 4.78 is 0. The predicted molar refractivity (Wildman–Crippen MR) is 96.4 cm³/mol. The highest BCUT2D eigenvalue weighted by Gasteiger charge is 2.15. The lowest BCUT2D eigenvalue weighted by molar-refractivity contribution is 1.19. The maximum absolute atomic E-state index is 4.56. The van der Waals surface area contributed by atoms with Crippen LogP contribution < -0.4 is 4.90 Å².